The highest BCUT2D eigenvalue weighted by Crippen LogP contribution is 2.35. The second kappa shape index (κ2) is 3.40. The Hall–Kier alpha value is -1.26. The number of anilines is 1. The molecule has 1 aliphatic rings. The summed E-state index contributed by atoms with van der Waals surface area (Å²) in [5.74, 6) is -0.560. The number of rotatable bonds is 1. The van der Waals surface area contributed by atoms with Gasteiger partial charge in [-0.2, -0.15) is 13.2 Å². The van der Waals surface area contributed by atoms with Gasteiger partial charge < -0.3 is 4.90 Å². The predicted octanol–water partition coefficient (Wildman–Crippen LogP) is 2.39. The number of halogens is 3. The fourth-order valence-corrected chi connectivity index (χ4v) is 1.58. The summed E-state index contributed by atoms with van der Waals surface area (Å²) in [7, 11) is 0. The van der Waals surface area contributed by atoms with Crippen molar-refractivity contribution in [1.82, 2.24) is 4.98 Å². The third-order valence-electron chi connectivity index (χ3n) is 2.54. The Balaban J connectivity index is 2.00. The Labute approximate surface area is 85.7 Å². The van der Waals surface area contributed by atoms with Crippen LogP contribution in [0.3, 0.4) is 0 Å². The molecule has 1 aromatic rings. The van der Waals surface area contributed by atoms with Gasteiger partial charge in [-0.05, 0) is 19.1 Å². The average molecular weight is 216 g/mol. The van der Waals surface area contributed by atoms with Gasteiger partial charge in [0, 0.05) is 18.8 Å². The molecule has 1 aromatic heterocycles. The van der Waals surface area contributed by atoms with Crippen LogP contribution in [-0.2, 0) is 0 Å². The van der Waals surface area contributed by atoms with Crippen molar-refractivity contribution in [3.05, 3.63) is 23.9 Å². The largest absolute Gasteiger partial charge is 0.395 e. The fourth-order valence-electron chi connectivity index (χ4n) is 1.58. The predicted molar refractivity (Wildman–Crippen MR) is 50.7 cm³/mol. The summed E-state index contributed by atoms with van der Waals surface area (Å²) in [6, 6.07) is 5.36. The number of alkyl halides is 3. The van der Waals surface area contributed by atoms with Crippen LogP contribution in [-0.4, -0.2) is 24.2 Å². The summed E-state index contributed by atoms with van der Waals surface area (Å²) < 4.78 is 36.7. The molecule has 0 bridgehead atoms. The van der Waals surface area contributed by atoms with Gasteiger partial charge in [0.1, 0.15) is 5.82 Å². The summed E-state index contributed by atoms with van der Waals surface area (Å²) in [4.78, 5) is 5.81. The van der Waals surface area contributed by atoms with Gasteiger partial charge in [0.2, 0.25) is 0 Å². The van der Waals surface area contributed by atoms with Crippen LogP contribution in [0.5, 0.6) is 0 Å². The van der Waals surface area contributed by atoms with Gasteiger partial charge in [-0.1, -0.05) is 6.07 Å². The van der Waals surface area contributed by atoms with Crippen molar-refractivity contribution >= 4 is 5.82 Å². The van der Waals surface area contributed by atoms with E-state index in [0.717, 1.165) is 5.69 Å². The first kappa shape index (κ1) is 10.3. The fraction of sp³-hybridized carbons (Fsp3) is 0.500. The lowest BCUT2D eigenvalue weighted by molar-refractivity contribution is -0.180. The van der Waals surface area contributed by atoms with Crippen LogP contribution >= 0.6 is 0 Å². The highest BCUT2D eigenvalue weighted by Gasteiger charge is 2.47. The maximum atomic E-state index is 12.2. The zero-order valence-corrected chi connectivity index (χ0v) is 8.25. The number of aromatic nitrogens is 1. The Morgan fingerprint density at radius 1 is 1.33 bits per heavy atom. The molecule has 1 saturated heterocycles. The number of nitrogens with zero attached hydrogens (tertiary/aromatic N) is 2. The standard InChI is InChI=1S/C10H11F3N2/c1-7-3-2-4-9(14-7)15-5-8(6-15)10(11,12)13/h2-4,8H,5-6H2,1H3. The van der Waals surface area contributed by atoms with E-state index in [-0.39, 0.29) is 13.1 Å². The van der Waals surface area contributed by atoms with E-state index >= 15 is 0 Å². The second-order valence-electron chi connectivity index (χ2n) is 3.78. The highest BCUT2D eigenvalue weighted by atomic mass is 19.4. The summed E-state index contributed by atoms with van der Waals surface area (Å²) >= 11 is 0. The van der Waals surface area contributed by atoms with Crippen molar-refractivity contribution < 1.29 is 13.2 Å². The van der Waals surface area contributed by atoms with E-state index in [1.165, 1.54) is 0 Å². The molecule has 0 N–H and O–H groups in total. The third-order valence-corrected chi connectivity index (χ3v) is 2.54. The molecule has 1 fully saturated rings. The lowest BCUT2D eigenvalue weighted by atomic mass is 10.00. The van der Waals surface area contributed by atoms with Gasteiger partial charge >= 0.3 is 6.18 Å². The normalized spacial score (nSPS) is 17.7. The van der Waals surface area contributed by atoms with Crippen molar-refractivity contribution in [3.8, 4) is 0 Å². The zero-order chi connectivity index (χ0) is 11.1. The molecular weight excluding hydrogens is 205 g/mol. The number of aryl methyl sites for hydroxylation is 1. The first-order chi connectivity index (χ1) is 6.97. The van der Waals surface area contributed by atoms with Crippen molar-refractivity contribution in [2.45, 2.75) is 13.1 Å². The average Bonchev–Trinajstić information content (AvgIpc) is 1.97. The number of hydrogen-bond donors (Lipinski definition) is 0. The molecule has 15 heavy (non-hydrogen) atoms. The van der Waals surface area contributed by atoms with Crippen molar-refractivity contribution in [2.75, 3.05) is 18.0 Å². The molecule has 0 aliphatic carbocycles. The van der Waals surface area contributed by atoms with Crippen LogP contribution in [0.25, 0.3) is 0 Å². The zero-order valence-electron chi connectivity index (χ0n) is 8.25. The van der Waals surface area contributed by atoms with Crippen LogP contribution in [0.2, 0.25) is 0 Å². The van der Waals surface area contributed by atoms with Crippen LogP contribution in [0.1, 0.15) is 5.69 Å². The molecule has 2 rings (SSSR count). The van der Waals surface area contributed by atoms with E-state index in [4.69, 9.17) is 0 Å². The topological polar surface area (TPSA) is 16.1 Å². The smallest absolute Gasteiger partial charge is 0.355 e. The molecule has 0 amide bonds. The van der Waals surface area contributed by atoms with Crippen molar-refractivity contribution in [2.24, 2.45) is 5.92 Å². The Morgan fingerprint density at radius 3 is 2.53 bits per heavy atom. The van der Waals surface area contributed by atoms with Crippen LogP contribution < -0.4 is 4.90 Å². The minimum atomic E-state index is -4.07. The SMILES string of the molecule is Cc1cccc(N2CC(C(F)(F)F)C2)n1. The molecule has 2 heterocycles. The Morgan fingerprint density at radius 2 is 2.00 bits per heavy atom. The maximum Gasteiger partial charge on any atom is 0.395 e. The molecule has 5 heteroatoms. The van der Waals surface area contributed by atoms with E-state index in [0.29, 0.717) is 5.82 Å². The first-order valence-corrected chi connectivity index (χ1v) is 4.72. The lowest BCUT2D eigenvalue weighted by Gasteiger charge is -2.40. The molecule has 0 atom stereocenters. The van der Waals surface area contributed by atoms with Crippen LogP contribution in [0, 0.1) is 12.8 Å². The quantitative estimate of drug-likeness (QED) is 0.716. The van der Waals surface area contributed by atoms with Crippen molar-refractivity contribution in [3.63, 3.8) is 0 Å². The Kier molecular flexibility index (Phi) is 2.32. The number of pyridine rings is 1. The second-order valence-corrected chi connectivity index (χ2v) is 3.78. The van der Waals surface area contributed by atoms with Crippen LogP contribution in [0.4, 0.5) is 19.0 Å². The van der Waals surface area contributed by atoms with Gasteiger partial charge in [0.25, 0.3) is 0 Å². The molecule has 0 saturated carbocycles. The minimum absolute atomic E-state index is 0.0277. The minimum Gasteiger partial charge on any atom is -0.355 e. The third kappa shape index (κ3) is 2.06. The first-order valence-electron chi connectivity index (χ1n) is 4.72. The van der Waals surface area contributed by atoms with E-state index in [9.17, 15) is 13.2 Å². The van der Waals surface area contributed by atoms with Crippen molar-refractivity contribution in [1.29, 1.82) is 0 Å². The van der Waals surface area contributed by atoms with Gasteiger partial charge in [0.15, 0.2) is 0 Å². The summed E-state index contributed by atoms with van der Waals surface area (Å²) in [6.07, 6.45) is -4.07. The summed E-state index contributed by atoms with van der Waals surface area (Å²) in [5, 5.41) is 0. The molecular formula is C10H11F3N2. The molecule has 0 spiro atoms. The molecule has 1 aliphatic heterocycles. The van der Waals surface area contributed by atoms with Crippen LogP contribution in [0.15, 0.2) is 18.2 Å². The van der Waals surface area contributed by atoms with Gasteiger partial charge in [-0.3, -0.25) is 0 Å². The molecule has 0 aromatic carbocycles. The number of hydrogen-bond acceptors (Lipinski definition) is 2. The Bertz CT molecular complexity index is 356. The summed E-state index contributed by atoms with van der Waals surface area (Å²) in [6.45, 7) is 1.88. The van der Waals surface area contributed by atoms with Gasteiger partial charge in [-0.25, -0.2) is 4.98 Å². The summed E-state index contributed by atoms with van der Waals surface area (Å²) in [5.41, 5.74) is 0.822. The van der Waals surface area contributed by atoms with E-state index in [2.05, 4.69) is 4.98 Å². The molecule has 2 nitrogen and oxygen atoms in total. The van der Waals surface area contributed by atoms with E-state index in [1.54, 1.807) is 17.0 Å². The van der Waals surface area contributed by atoms with E-state index < -0.39 is 12.1 Å². The van der Waals surface area contributed by atoms with E-state index in [1.807, 2.05) is 13.0 Å². The lowest BCUT2D eigenvalue weighted by Crippen LogP contribution is -2.53. The van der Waals surface area contributed by atoms with Gasteiger partial charge in [-0.15, -0.1) is 0 Å². The van der Waals surface area contributed by atoms with Gasteiger partial charge in [0.05, 0.1) is 5.92 Å². The maximum absolute atomic E-state index is 12.2. The molecule has 0 unspecified atom stereocenters. The molecule has 82 valence electrons. The molecule has 0 radical (unpaired) electrons. The monoisotopic (exact) mass is 216 g/mol. The highest BCUT2D eigenvalue weighted by molar-refractivity contribution is 5.42.